The number of hydrogen-bond donors (Lipinski definition) is 1. The summed E-state index contributed by atoms with van der Waals surface area (Å²) in [6.07, 6.45) is 3.01. The Morgan fingerprint density at radius 1 is 1.08 bits per heavy atom. The van der Waals surface area contributed by atoms with Crippen molar-refractivity contribution in [1.29, 1.82) is 0 Å². The van der Waals surface area contributed by atoms with Crippen LogP contribution >= 0.6 is 0 Å². The Balaban J connectivity index is 1.56. The summed E-state index contributed by atoms with van der Waals surface area (Å²) < 4.78 is 0. The zero-order valence-electron chi connectivity index (χ0n) is 7.63. The lowest BCUT2D eigenvalue weighted by Crippen LogP contribution is -2.27. The summed E-state index contributed by atoms with van der Waals surface area (Å²) >= 11 is 0. The van der Waals surface area contributed by atoms with Gasteiger partial charge in [0.15, 0.2) is 0 Å². The first kappa shape index (κ1) is 7.34. The first-order valence-electron chi connectivity index (χ1n) is 5.35. The summed E-state index contributed by atoms with van der Waals surface area (Å²) in [5.74, 6) is 3.06. The van der Waals surface area contributed by atoms with Crippen LogP contribution in [0.3, 0.4) is 0 Å². The molecule has 2 aliphatic heterocycles. The summed E-state index contributed by atoms with van der Waals surface area (Å²) in [5.41, 5.74) is 0. The lowest BCUT2D eigenvalue weighted by Gasteiger charge is -2.15. The Kier molecular flexibility index (Phi) is 1.66. The van der Waals surface area contributed by atoms with E-state index < -0.39 is 0 Å². The Morgan fingerprint density at radius 3 is 2.33 bits per heavy atom. The number of likely N-dealkylation sites (tertiary alicyclic amines) is 1. The molecule has 0 amide bonds. The quantitative estimate of drug-likeness (QED) is 0.644. The minimum absolute atomic E-state index is 0.990. The van der Waals surface area contributed by atoms with E-state index in [0.717, 1.165) is 17.8 Å². The Labute approximate surface area is 74.3 Å². The van der Waals surface area contributed by atoms with E-state index >= 15 is 0 Å². The van der Waals surface area contributed by atoms with Gasteiger partial charge < -0.3 is 10.2 Å². The van der Waals surface area contributed by atoms with Crippen molar-refractivity contribution in [3.8, 4) is 0 Å². The van der Waals surface area contributed by atoms with Crippen LogP contribution in [0.5, 0.6) is 0 Å². The number of nitrogens with one attached hydrogen (secondary N) is 1. The zero-order chi connectivity index (χ0) is 7.97. The molecular weight excluding hydrogens is 148 g/mol. The molecule has 0 radical (unpaired) electrons. The standard InChI is InChI=1S/C10H18N2/c1-2-8(1)5-12-6-9-3-11-4-10(9)7-12/h8-11H,1-7H2. The van der Waals surface area contributed by atoms with Gasteiger partial charge in [0.2, 0.25) is 0 Å². The van der Waals surface area contributed by atoms with Crippen molar-refractivity contribution in [1.82, 2.24) is 10.2 Å². The second-order valence-corrected chi connectivity index (χ2v) is 4.84. The predicted molar refractivity (Wildman–Crippen MR) is 49.0 cm³/mol. The van der Waals surface area contributed by atoms with Gasteiger partial charge >= 0.3 is 0 Å². The third-order valence-corrected chi connectivity index (χ3v) is 3.68. The van der Waals surface area contributed by atoms with E-state index in [0.29, 0.717) is 0 Å². The molecular formula is C10H18N2. The van der Waals surface area contributed by atoms with Crippen LogP contribution in [-0.2, 0) is 0 Å². The summed E-state index contributed by atoms with van der Waals surface area (Å²) in [6.45, 7) is 6.74. The molecule has 2 heteroatoms. The van der Waals surface area contributed by atoms with Crippen molar-refractivity contribution in [3.05, 3.63) is 0 Å². The van der Waals surface area contributed by atoms with Gasteiger partial charge in [0.05, 0.1) is 0 Å². The molecule has 2 saturated heterocycles. The molecule has 2 unspecified atom stereocenters. The maximum atomic E-state index is 3.49. The molecule has 3 aliphatic rings. The summed E-state index contributed by atoms with van der Waals surface area (Å²) in [7, 11) is 0. The van der Waals surface area contributed by atoms with E-state index in [-0.39, 0.29) is 0 Å². The molecule has 1 aliphatic carbocycles. The minimum atomic E-state index is 0.990. The molecule has 0 aromatic rings. The van der Waals surface area contributed by atoms with Gasteiger partial charge in [0.25, 0.3) is 0 Å². The van der Waals surface area contributed by atoms with Crippen molar-refractivity contribution >= 4 is 0 Å². The monoisotopic (exact) mass is 166 g/mol. The molecule has 0 spiro atoms. The Morgan fingerprint density at radius 2 is 1.75 bits per heavy atom. The van der Waals surface area contributed by atoms with Crippen molar-refractivity contribution in [2.24, 2.45) is 17.8 Å². The average Bonchev–Trinajstić information content (AvgIpc) is 2.56. The van der Waals surface area contributed by atoms with Crippen molar-refractivity contribution in [3.63, 3.8) is 0 Å². The first-order valence-corrected chi connectivity index (χ1v) is 5.35. The SMILES string of the molecule is C1CC1CN1CC2CNCC2C1. The van der Waals surface area contributed by atoms with Gasteiger partial charge in [-0.2, -0.15) is 0 Å². The highest BCUT2D eigenvalue weighted by Gasteiger charge is 2.37. The third-order valence-electron chi connectivity index (χ3n) is 3.68. The van der Waals surface area contributed by atoms with Gasteiger partial charge in [-0.15, -0.1) is 0 Å². The van der Waals surface area contributed by atoms with Crippen LogP contribution in [0.1, 0.15) is 12.8 Å². The average molecular weight is 166 g/mol. The van der Waals surface area contributed by atoms with Crippen LogP contribution in [-0.4, -0.2) is 37.6 Å². The molecule has 0 aromatic carbocycles. The zero-order valence-corrected chi connectivity index (χ0v) is 7.63. The first-order chi connectivity index (χ1) is 5.92. The van der Waals surface area contributed by atoms with E-state index in [9.17, 15) is 0 Å². The Hall–Kier alpha value is -0.0800. The summed E-state index contributed by atoms with van der Waals surface area (Å²) in [6, 6.07) is 0. The minimum Gasteiger partial charge on any atom is -0.316 e. The lowest BCUT2D eigenvalue weighted by atomic mass is 10.0. The normalized spacial score (nSPS) is 42.0. The van der Waals surface area contributed by atoms with Gasteiger partial charge in [0, 0.05) is 19.6 Å². The van der Waals surface area contributed by atoms with Gasteiger partial charge in [0.1, 0.15) is 0 Å². The van der Waals surface area contributed by atoms with Crippen LogP contribution in [0, 0.1) is 17.8 Å². The molecule has 3 fully saturated rings. The van der Waals surface area contributed by atoms with Crippen LogP contribution in [0.25, 0.3) is 0 Å². The smallest absolute Gasteiger partial charge is 0.00257 e. The molecule has 3 rings (SSSR count). The van der Waals surface area contributed by atoms with Gasteiger partial charge in [-0.05, 0) is 43.7 Å². The van der Waals surface area contributed by atoms with E-state index in [1.165, 1.54) is 45.6 Å². The van der Waals surface area contributed by atoms with Crippen molar-refractivity contribution in [2.45, 2.75) is 12.8 Å². The highest BCUT2D eigenvalue weighted by atomic mass is 15.2. The fourth-order valence-corrected chi connectivity index (χ4v) is 2.77. The third kappa shape index (κ3) is 1.27. The van der Waals surface area contributed by atoms with Crippen molar-refractivity contribution in [2.75, 3.05) is 32.7 Å². The molecule has 68 valence electrons. The van der Waals surface area contributed by atoms with Crippen molar-refractivity contribution < 1.29 is 0 Å². The van der Waals surface area contributed by atoms with E-state index in [2.05, 4.69) is 10.2 Å². The molecule has 1 N–H and O–H groups in total. The summed E-state index contributed by atoms with van der Waals surface area (Å²) in [4.78, 5) is 2.70. The second kappa shape index (κ2) is 2.71. The highest BCUT2D eigenvalue weighted by Crippen LogP contribution is 2.33. The number of hydrogen-bond acceptors (Lipinski definition) is 2. The fourth-order valence-electron chi connectivity index (χ4n) is 2.77. The molecule has 2 heterocycles. The fraction of sp³-hybridized carbons (Fsp3) is 1.00. The van der Waals surface area contributed by atoms with E-state index in [1.807, 2.05) is 0 Å². The van der Waals surface area contributed by atoms with Crippen LogP contribution in [0.4, 0.5) is 0 Å². The molecule has 12 heavy (non-hydrogen) atoms. The number of rotatable bonds is 2. The van der Waals surface area contributed by atoms with Gasteiger partial charge in [-0.25, -0.2) is 0 Å². The topological polar surface area (TPSA) is 15.3 Å². The van der Waals surface area contributed by atoms with Crippen LogP contribution in [0.15, 0.2) is 0 Å². The number of fused-ring (bicyclic) bond motifs is 1. The maximum absolute atomic E-state index is 3.49. The molecule has 1 saturated carbocycles. The Bertz CT molecular complexity index is 165. The summed E-state index contributed by atoms with van der Waals surface area (Å²) in [5, 5.41) is 3.49. The molecule has 0 aromatic heterocycles. The van der Waals surface area contributed by atoms with Gasteiger partial charge in [-0.1, -0.05) is 0 Å². The number of nitrogens with zero attached hydrogens (tertiary/aromatic N) is 1. The van der Waals surface area contributed by atoms with Crippen LogP contribution in [0.2, 0.25) is 0 Å². The van der Waals surface area contributed by atoms with Gasteiger partial charge in [-0.3, -0.25) is 0 Å². The predicted octanol–water partition coefficient (Wildman–Crippen LogP) is 0.548. The molecule has 2 atom stereocenters. The second-order valence-electron chi connectivity index (χ2n) is 4.84. The largest absolute Gasteiger partial charge is 0.316 e. The maximum Gasteiger partial charge on any atom is 0.00257 e. The lowest BCUT2D eigenvalue weighted by molar-refractivity contribution is 0.301. The highest BCUT2D eigenvalue weighted by molar-refractivity contribution is 4.92. The van der Waals surface area contributed by atoms with E-state index in [4.69, 9.17) is 0 Å². The van der Waals surface area contributed by atoms with Crippen LogP contribution < -0.4 is 5.32 Å². The van der Waals surface area contributed by atoms with E-state index in [1.54, 1.807) is 0 Å². The molecule has 0 bridgehead atoms. The molecule has 2 nitrogen and oxygen atoms in total.